The Morgan fingerprint density at radius 3 is 2.85 bits per heavy atom. The lowest BCUT2D eigenvalue weighted by atomic mass is 10.0. The van der Waals surface area contributed by atoms with Crippen LogP contribution in [0, 0.1) is 0 Å². The van der Waals surface area contributed by atoms with Gasteiger partial charge >= 0.3 is 0 Å². The summed E-state index contributed by atoms with van der Waals surface area (Å²) in [7, 11) is 0. The molecular formula is C14H17BrClN3S. The van der Waals surface area contributed by atoms with E-state index in [-0.39, 0.29) is 6.04 Å². The zero-order valence-electron chi connectivity index (χ0n) is 11.5. The predicted octanol–water partition coefficient (Wildman–Crippen LogP) is 4.41. The Labute approximate surface area is 137 Å². The molecule has 0 spiro atoms. The Morgan fingerprint density at radius 1 is 1.40 bits per heavy atom. The van der Waals surface area contributed by atoms with Crippen molar-refractivity contribution in [2.45, 2.75) is 32.7 Å². The maximum absolute atomic E-state index is 6.32. The lowest BCUT2D eigenvalue weighted by molar-refractivity contribution is 0.553. The van der Waals surface area contributed by atoms with E-state index in [2.05, 4.69) is 50.7 Å². The molecule has 0 saturated carbocycles. The van der Waals surface area contributed by atoms with E-state index in [1.807, 2.05) is 12.1 Å². The summed E-state index contributed by atoms with van der Waals surface area (Å²) in [6, 6.07) is 6.24. The quantitative estimate of drug-likeness (QED) is 0.814. The van der Waals surface area contributed by atoms with Gasteiger partial charge in [0.1, 0.15) is 0 Å². The van der Waals surface area contributed by atoms with Gasteiger partial charge in [-0.15, -0.1) is 5.10 Å². The fourth-order valence-corrected chi connectivity index (χ4v) is 3.70. The van der Waals surface area contributed by atoms with E-state index in [1.165, 1.54) is 16.4 Å². The van der Waals surface area contributed by atoms with E-state index in [9.17, 15) is 0 Å². The van der Waals surface area contributed by atoms with Crippen LogP contribution < -0.4 is 5.32 Å². The Balaban J connectivity index is 2.25. The maximum atomic E-state index is 6.32. The minimum atomic E-state index is 0.216. The first-order valence-electron chi connectivity index (χ1n) is 6.64. The van der Waals surface area contributed by atoms with E-state index >= 15 is 0 Å². The van der Waals surface area contributed by atoms with Gasteiger partial charge < -0.3 is 5.32 Å². The molecule has 1 N–H and O–H groups in total. The number of hydrogen-bond acceptors (Lipinski definition) is 4. The molecule has 0 saturated heterocycles. The van der Waals surface area contributed by atoms with Crippen LogP contribution >= 0.6 is 39.1 Å². The van der Waals surface area contributed by atoms with Crippen LogP contribution in [-0.2, 0) is 12.8 Å². The standard InChI is InChI=1S/C14H17BrClN3S/c1-3-12-14(20-19-18-12)13(17-4-2)7-9-5-6-10(15)8-11(9)16/h5-6,8,13,17H,3-4,7H2,1-2H3. The highest BCUT2D eigenvalue weighted by Crippen LogP contribution is 2.29. The number of benzene rings is 1. The molecule has 2 aromatic rings. The summed E-state index contributed by atoms with van der Waals surface area (Å²) in [5, 5.41) is 8.50. The number of likely N-dealkylation sites (N-methyl/N-ethyl adjacent to an activating group) is 1. The molecule has 0 aliphatic rings. The van der Waals surface area contributed by atoms with Gasteiger partial charge in [-0.3, -0.25) is 0 Å². The lowest BCUT2D eigenvalue weighted by Gasteiger charge is -2.18. The molecule has 20 heavy (non-hydrogen) atoms. The molecular weight excluding hydrogens is 358 g/mol. The average Bonchev–Trinajstić information content (AvgIpc) is 2.89. The summed E-state index contributed by atoms with van der Waals surface area (Å²) in [6.45, 7) is 5.12. The maximum Gasteiger partial charge on any atom is 0.0801 e. The van der Waals surface area contributed by atoms with Crippen molar-refractivity contribution in [1.82, 2.24) is 14.9 Å². The molecule has 0 radical (unpaired) electrons. The Morgan fingerprint density at radius 2 is 2.20 bits per heavy atom. The Kier molecular flexibility index (Phi) is 5.96. The number of rotatable bonds is 6. The molecule has 0 amide bonds. The van der Waals surface area contributed by atoms with Crippen LogP contribution in [0.1, 0.15) is 36.0 Å². The first kappa shape index (κ1) is 15.9. The second kappa shape index (κ2) is 7.50. The summed E-state index contributed by atoms with van der Waals surface area (Å²) in [5.41, 5.74) is 2.21. The highest BCUT2D eigenvalue weighted by molar-refractivity contribution is 9.10. The second-order valence-electron chi connectivity index (χ2n) is 4.49. The largest absolute Gasteiger partial charge is 0.309 e. The molecule has 6 heteroatoms. The predicted molar refractivity (Wildman–Crippen MR) is 88.6 cm³/mol. The third-order valence-electron chi connectivity index (χ3n) is 3.13. The number of halogens is 2. The van der Waals surface area contributed by atoms with Crippen LogP contribution in [0.4, 0.5) is 0 Å². The minimum absolute atomic E-state index is 0.216. The van der Waals surface area contributed by atoms with Gasteiger partial charge in [0.15, 0.2) is 0 Å². The zero-order chi connectivity index (χ0) is 14.5. The fraction of sp³-hybridized carbons (Fsp3) is 0.429. The van der Waals surface area contributed by atoms with Gasteiger partial charge in [0.25, 0.3) is 0 Å². The molecule has 1 unspecified atom stereocenters. The van der Waals surface area contributed by atoms with Gasteiger partial charge in [0.05, 0.1) is 10.6 Å². The van der Waals surface area contributed by atoms with Gasteiger partial charge in [-0.05, 0) is 48.6 Å². The smallest absolute Gasteiger partial charge is 0.0801 e. The molecule has 1 atom stereocenters. The number of aryl methyl sites for hydroxylation is 1. The Hall–Kier alpha value is -0.490. The zero-order valence-corrected chi connectivity index (χ0v) is 14.6. The topological polar surface area (TPSA) is 37.8 Å². The number of aromatic nitrogens is 2. The van der Waals surface area contributed by atoms with Gasteiger partial charge in [-0.2, -0.15) is 0 Å². The Bertz CT molecular complexity index is 573. The number of nitrogens with one attached hydrogen (secondary N) is 1. The minimum Gasteiger partial charge on any atom is -0.309 e. The molecule has 1 aromatic heterocycles. The molecule has 0 bridgehead atoms. The van der Waals surface area contributed by atoms with Crippen LogP contribution in [0.5, 0.6) is 0 Å². The van der Waals surface area contributed by atoms with E-state index in [0.29, 0.717) is 0 Å². The van der Waals surface area contributed by atoms with Crippen molar-refractivity contribution in [2.75, 3.05) is 6.54 Å². The SMILES string of the molecule is CCNC(Cc1ccc(Br)cc1Cl)c1snnc1CC. The van der Waals surface area contributed by atoms with Crippen LogP contribution in [0.3, 0.4) is 0 Å². The molecule has 1 heterocycles. The van der Waals surface area contributed by atoms with Crippen LogP contribution in [0.2, 0.25) is 5.02 Å². The first-order valence-corrected chi connectivity index (χ1v) is 8.58. The molecule has 0 aliphatic heterocycles. The van der Waals surface area contributed by atoms with E-state index < -0.39 is 0 Å². The molecule has 3 nitrogen and oxygen atoms in total. The number of nitrogens with zero attached hydrogens (tertiary/aromatic N) is 2. The lowest BCUT2D eigenvalue weighted by Crippen LogP contribution is -2.23. The van der Waals surface area contributed by atoms with Crippen molar-refractivity contribution in [3.63, 3.8) is 0 Å². The molecule has 108 valence electrons. The van der Waals surface area contributed by atoms with Crippen molar-refractivity contribution in [3.8, 4) is 0 Å². The highest BCUT2D eigenvalue weighted by atomic mass is 79.9. The summed E-state index contributed by atoms with van der Waals surface area (Å²) in [4.78, 5) is 1.22. The van der Waals surface area contributed by atoms with Crippen molar-refractivity contribution in [2.24, 2.45) is 0 Å². The fourth-order valence-electron chi connectivity index (χ4n) is 2.14. The van der Waals surface area contributed by atoms with Crippen molar-refractivity contribution >= 4 is 39.1 Å². The van der Waals surface area contributed by atoms with Gasteiger partial charge in [-0.25, -0.2) is 0 Å². The normalized spacial score (nSPS) is 12.6. The van der Waals surface area contributed by atoms with Gasteiger partial charge in [-0.1, -0.05) is 51.9 Å². The second-order valence-corrected chi connectivity index (χ2v) is 6.60. The monoisotopic (exact) mass is 373 g/mol. The molecule has 2 rings (SSSR count). The summed E-state index contributed by atoms with van der Waals surface area (Å²) >= 11 is 11.2. The van der Waals surface area contributed by atoms with Gasteiger partial charge in [0.2, 0.25) is 0 Å². The number of hydrogen-bond donors (Lipinski definition) is 1. The van der Waals surface area contributed by atoms with E-state index in [0.717, 1.165) is 40.1 Å². The summed E-state index contributed by atoms with van der Waals surface area (Å²) in [5.74, 6) is 0. The third kappa shape index (κ3) is 3.79. The van der Waals surface area contributed by atoms with Crippen LogP contribution in [0.15, 0.2) is 22.7 Å². The van der Waals surface area contributed by atoms with Crippen molar-refractivity contribution in [3.05, 3.63) is 43.8 Å². The van der Waals surface area contributed by atoms with Crippen LogP contribution in [0.25, 0.3) is 0 Å². The molecule has 0 fully saturated rings. The average molecular weight is 375 g/mol. The third-order valence-corrected chi connectivity index (χ3v) is 4.85. The van der Waals surface area contributed by atoms with Gasteiger partial charge in [0, 0.05) is 15.5 Å². The highest BCUT2D eigenvalue weighted by Gasteiger charge is 2.19. The first-order chi connectivity index (χ1) is 9.65. The van der Waals surface area contributed by atoms with Crippen molar-refractivity contribution < 1.29 is 0 Å². The summed E-state index contributed by atoms with van der Waals surface area (Å²) in [6.07, 6.45) is 1.75. The van der Waals surface area contributed by atoms with Crippen molar-refractivity contribution in [1.29, 1.82) is 0 Å². The molecule has 0 aliphatic carbocycles. The van der Waals surface area contributed by atoms with Crippen LogP contribution in [-0.4, -0.2) is 16.1 Å². The van der Waals surface area contributed by atoms with E-state index in [4.69, 9.17) is 11.6 Å². The summed E-state index contributed by atoms with van der Waals surface area (Å²) < 4.78 is 5.09. The van der Waals surface area contributed by atoms with E-state index in [1.54, 1.807) is 0 Å². The molecule has 1 aromatic carbocycles.